The Hall–Kier alpha value is -1.69. The van der Waals surface area contributed by atoms with E-state index in [1.807, 2.05) is 0 Å². The molecule has 0 aliphatic rings. The van der Waals surface area contributed by atoms with E-state index in [2.05, 4.69) is 15.9 Å². The number of phenolic OH excluding ortho intramolecular Hbond substituents is 1. The summed E-state index contributed by atoms with van der Waals surface area (Å²) in [6, 6.07) is 1.79. The molecular weight excluding hydrogens is 307 g/mol. The third-order valence-electron chi connectivity index (χ3n) is 2.52. The van der Waals surface area contributed by atoms with Gasteiger partial charge in [0.05, 0.1) is 5.33 Å². The Morgan fingerprint density at radius 2 is 2.17 bits per heavy atom. The monoisotopic (exact) mass is 314 g/mol. The van der Waals surface area contributed by atoms with Crippen LogP contribution in [0.25, 0.3) is 11.0 Å². The molecule has 0 spiro atoms. The molecule has 2 aromatic rings. The largest absolute Gasteiger partial charge is 0.507 e. The first kappa shape index (κ1) is 12.8. The van der Waals surface area contributed by atoms with Crippen LogP contribution in [-0.2, 0) is 0 Å². The molecule has 6 heteroatoms. The van der Waals surface area contributed by atoms with Gasteiger partial charge < -0.3 is 9.52 Å². The molecule has 0 radical (unpaired) electrons. The topological polar surface area (TPSA) is 67.5 Å². The van der Waals surface area contributed by atoms with Gasteiger partial charge in [-0.2, -0.15) is 0 Å². The van der Waals surface area contributed by atoms with Gasteiger partial charge in [-0.3, -0.25) is 9.59 Å². The van der Waals surface area contributed by atoms with Gasteiger partial charge in [0.1, 0.15) is 33.9 Å². The van der Waals surface area contributed by atoms with E-state index in [0.717, 1.165) is 12.1 Å². The first-order valence-electron chi connectivity index (χ1n) is 5.00. The Morgan fingerprint density at radius 1 is 1.50 bits per heavy atom. The van der Waals surface area contributed by atoms with Crippen LogP contribution >= 0.6 is 15.9 Å². The summed E-state index contributed by atoms with van der Waals surface area (Å²) in [7, 11) is 0. The van der Waals surface area contributed by atoms with Gasteiger partial charge in [0.15, 0.2) is 5.78 Å². The minimum Gasteiger partial charge on any atom is -0.507 e. The first-order chi connectivity index (χ1) is 8.45. The molecule has 18 heavy (non-hydrogen) atoms. The number of carbonyl (C=O) groups is 1. The van der Waals surface area contributed by atoms with Crippen molar-refractivity contribution in [3.05, 3.63) is 39.5 Å². The molecule has 0 amide bonds. The number of ketones is 1. The molecule has 0 unspecified atom stereocenters. The second-order valence-electron chi connectivity index (χ2n) is 3.72. The lowest BCUT2D eigenvalue weighted by atomic mass is 10.1. The van der Waals surface area contributed by atoms with Crippen LogP contribution in [0.5, 0.6) is 5.75 Å². The molecular formula is C12H8BrFO4. The number of aromatic hydroxyl groups is 1. The van der Waals surface area contributed by atoms with Gasteiger partial charge >= 0.3 is 0 Å². The first-order valence-corrected chi connectivity index (χ1v) is 6.13. The second kappa shape index (κ2) is 4.53. The maximum absolute atomic E-state index is 13.1. The standard InChI is InChI=1S/C12H8BrFO4/c1-5-10(8(16)4-13)12(17)11-7(15)2-6(14)3-9(11)18-5/h2-3,15H,4H2,1H3. The van der Waals surface area contributed by atoms with Crippen molar-refractivity contribution < 1.29 is 18.7 Å². The van der Waals surface area contributed by atoms with Crippen LogP contribution in [0, 0.1) is 12.7 Å². The van der Waals surface area contributed by atoms with Crippen LogP contribution in [0.4, 0.5) is 4.39 Å². The SMILES string of the molecule is Cc1oc2cc(F)cc(O)c2c(=O)c1C(=O)CBr. The summed E-state index contributed by atoms with van der Waals surface area (Å²) in [5.74, 6) is -1.61. The number of hydrogen-bond donors (Lipinski definition) is 1. The highest BCUT2D eigenvalue weighted by Gasteiger charge is 2.20. The zero-order valence-corrected chi connectivity index (χ0v) is 10.9. The van der Waals surface area contributed by atoms with E-state index >= 15 is 0 Å². The van der Waals surface area contributed by atoms with Crippen molar-refractivity contribution in [3.63, 3.8) is 0 Å². The summed E-state index contributed by atoms with van der Waals surface area (Å²) < 4.78 is 18.3. The molecule has 0 saturated heterocycles. The quantitative estimate of drug-likeness (QED) is 0.683. The van der Waals surface area contributed by atoms with Crippen LogP contribution in [0.2, 0.25) is 0 Å². The fourth-order valence-corrected chi connectivity index (χ4v) is 2.05. The van der Waals surface area contributed by atoms with E-state index in [1.54, 1.807) is 0 Å². The molecule has 1 aromatic heterocycles. The van der Waals surface area contributed by atoms with Gasteiger partial charge in [-0.15, -0.1) is 0 Å². The van der Waals surface area contributed by atoms with Crippen LogP contribution in [0.1, 0.15) is 16.1 Å². The zero-order valence-electron chi connectivity index (χ0n) is 9.29. The van der Waals surface area contributed by atoms with Gasteiger partial charge in [0, 0.05) is 12.1 Å². The summed E-state index contributed by atoms with van der Waals surface area (Å²) in [6.07, 6.45) is 0. The number of Topliss-reactive ketones (excluding diaryl/α,β-unsaturated/α-hetero) is 1. The summed E-state index contributed by atoms with van der Waals surface area (Å²) >= 11 is 2.96. The molecule has 94 valence electrons. The van der Waals surface area contributed by atoms with E-state index in [0.29, 0.717) is 0 Å². The molecule has 0 fully saturated rings. The summed E-state index contributed by atoms with van der Waals surface area (Å²) in [5, 5.41) is 9.36. The third-order valence-corrected chi connectivity index (χ3v) is 3.02. The average Bonchev–Trinajstić information content (AvgIpc) is 2.26. The molecule has 2 rings (SSSR count). The lowest BCUT2D eigenvalue weighted by Crippen LogP contribution is -2.18. The Labute approximate surface area is 109 Å². The number of benzene rings is 1. The third kappa shape index (κ3) is 1.92. The van der Waals surface area contributed by atoms with E-state index in [4.69, 9.17) is 4.42 Å². The number of halogens is 2. The van der Waals surface area contributed by atoms with Crippen LogP contribution < -0.4 is 5.43 Å². The number of phenols is 1. The molecule has 1 N–H and O–H groups in total. The van der Waals surface area contributed by atoms with Crippen molar-refractivity contribution in [2.45, 2.75) is 6.92 Å². The molecule has 1 heterocycles. The number of alkyl halides is 1. The number of fused-ring (bicyclic) bond motifs is 1. The van der Waals surface area contributed by atoms with Crippen molar-refractivity contribution in [2.75, 3.05) is 5.33 Å². The highest BCUT2D eigenvalue weighted by Crippen LogP contribution is 2.25. The van der Waals surface area contributed by atoms with Crippen molar-refractivity contribution in [2.24, 2.45) is 0 Å². The van der Waals surface area contributed by atoms with Gasteiger partial charge in [0.25, 0.3) is 0 Å². The molecule has 0 atom stereocenters. The van der Waals surface area contributed by atoms with E-state index in [9.17, 15) is 19.1 Å². The number of hydrogen-bond acceptors (Lipinski definition) is 4. The van der Waals surface area contributed by atoms with Crippen LogP contribution in [-0.4, -0.2) is 16.2 Å². The minimum absolute atomic E-state index is 0.0357. The van der Waals surface area contributed by atoms with Crippen molar-refractivity contribution >= 4 is 32.7 Å². The Balaban J connectivity index is 2.94. The maximum atomic E-state index is 13.1. The zero-order chi connectivity index (χ0) is 13.4. The van der Waals surface area contributed by atoms with E-state index in [1.165, 1.54) is 6.92 Å². The number of rotatable bonds is 2. The average molecular weight is 315 g/mol. The van der Waals surface area contributed by atoms with Crippen molar-refractivity contribution in [1.29, 1.82) is 0 Å². The van der Waals surface area contributed by atoms with Gasteiger partial charge in [0.2, 0.25) is 5.43 Å². The molecule has 0 saturated carbocycles. The van der Waals surface area contributed by atoms with Gasteiger partial charge in [-0.25, -0.2) is 4.39 Å². The fourth-order valence-electron chi connectivity index (χ4n) is 1.77. The molecule has 0 aliphatic heterocycles. The van der Waals surface area contributed by atoms with Crippen molar-refractivity contribution in [1.82, 2.24) is 0 Å². The van der Waals surface area contributed by atoms with Gasteiger partial charge in [-0.05, 0) is 6.92 Å². The normalized spacial score (nSPS) is 10.8. The molecule has 0 aliphatic carbocycles. The maximum Gasteiger partial charge on any atom is 0.207 e. The van der Waals surface area contributed by atoms with Gasteiger partial charge in [-0.1, -0.05) is 15.9 Å². The lowest BCUT2D eigenvalue weighted by Gasteiger charge is -2.06. The highest BCUT2D eigenvalue weighted by atomic mass is 79.9. The van der Waals surface area contributed by atoms with E-state index < -0.39 is 22.8 Å². The summed E-state index contributed by atoms with van der Waals surface area (Å²) in [6.45, 7) is 1.44. The fraction of sp³-hybridized carbons (Fsp3) is 0.167. The van der Waals surface area contributed by atoms with Crippen molar-refractivity contribution in [3.8, 4) is 5.75 Å². The molecule has 0 bridgehead atoms. The molecule has 4 nitrogen and oxygen atoms in total. The van der Waals surface area contributed by atoms with Crippen LogP contribution in [0.3, 0.4) is 0 Å². The number of aryl methyl sites for hydroxylation is 1. The predicted molar refractivity (Wildman–Crippen MR) is 67.0 cm³/mol. The minimum atomic E-state index is -0.720. The summed E-state index contributed by atoms with van der Waals surface area (Å²) in [4.78, 5) is 23.7. The Morgan fingerprint density at radius 3 is 2.78 bits per heavy atom. The summed E-state index contributed by atoms with van der Waals surface area (Å²) in [5.41, 5.74) is -0.877. The number of carbonyl (C=O) groups excluding carboxylic acids is 1. The second-order valence-corrected chi connectivity index (χ2v) is 4.28. The lowest BCUT2D eigenvalue weighted by molar-refractivity contribution is 0.102. The smallest absolute Gasteiger partial charge is 0.207 e. The Bertz CT molecular complexity index is 705. The van der Waals surface area contributed by atoms with Crippen LogP contribution in [0.15, 0.2) is 21.3 Å². The van der Waals surface area contributed by atoms with E-state index in [-0.39, 0.29) is 27.6 Å². The molecule has 1 aromatic carbocycles. The predicted octanol–water partition coefficient (Wildman–Crippen LogP) is 2.52. The highest BCUT2D eigenvalue weighted by molar-refractivity contribution is 9.09. The Kier molecular flexibility index (Phi) is 3.21.